The molecule has 28 heavy (non-hydrogen) atoms. The van der Waals surface area contributed by atoms with Gasteiger partial charge < -0.3 is 9.84 Å². The van der Waals surface area contributed by atoms with Crippen LogP contribution in [-0.4, -0.2) is 11.7 Å². The molecule has 144 valence electrons. The summed E-state index contributed by atoms with van der Waals surface area (Å²) in [7, 11) is 0. The molecule has 0 bridgehead atoms. The van der Waals surface area contributed by atoms with Crippen molar-refractivity contribution in [3.8, 4) is 11.5 Å². The first-order valence-electron chi connectivity index (χ1n) is 10.1. The van der Waals surface area contributed by atoms with Gasteiger partial charge in [-0.25, -0.2) is 0 Å². The SMILES string of the molecule is CC(C)(c1ccc(O)cc1)c1ccc(OCC2CCc3ccccc3C2)cc1. The molecule has 4 rings (SSSR count). The molecule has 0 spiro atoms. The third-order valence-electron chi connectivity index (χ3n) is 6.10. The minimum absolute atomic E-state index is 0.126. The van der Waals surface area contributed by atoms with Crippen LogP contribution in [0.15, 0.2) is 72.8 Å². The highest BCUT2D eigenvalue weighted by molar-refractivity contribution is 5.41. The number of phenolic OH excluding ortho intramolecular Hbond substituents is 1. The van der Waals surface area contributed by atoms with Gasteiger partial charge >= 0.3 is 0 Å². The Hall–Kier alpha value is -2.74. The van der Waals surface area contributed by atoms with Crippen LogP contribution >= 0.6 is 0 Å². The maximum absolute atomic E-state index is 9.53. The van der Waals surface area contributed by atoms with E-state index in [1.807, 2.05) is 12.1 Å². The van der Waals surface area contributed by atoms with Crippen molar-refractivity contribution in [1.82, 2.24) is 0 Å². The number of hydrogen-bond donors (Lipinski definition) is 1. The first kappa shape index (κ1) is 18.6. The van der Waals surface area contributed by atoms with Crippen molar-refractivity contribution in [2.24, 2.45) is 5.92 Å². The van der Waals surface area contributed by atoms with E-state index in [9.17, 15) is 5.11 Å². The summed E-state index contributed by atoms with van der Waals surface area (Å²) in [4.78, 5) is 0. The van der Waals surface area contributed by atoms with Crippen LogP contribution in [0, 0.1) is 5.92 Å². The second kappa shape index (κ2) is 7.71. The van der Waals surface area contributed by atoms with Gasteiger partial charge in [-0.3, -0.25) is 0 Å². The number of aromatic hydroxyl groups is 1. The molecule has 1 atom stereocenters. The monoisotopic (exact) mass is 372 g/mol. The highest BCUT2D eigenvalue weighted by Gasteiger charge is 2.23. The highest BCUT2D eigenvalue weighted by atomic mass is 16.5. The summed E-state index contributed by atoms with van der Waals surface area (Å²) in [5, 5.41) is 9.53. The normalized spacial score (nSPS) is 16.4. The summed E-state index contributed by atoms with van der Waals surface area (Å²) in [5.41, 5.74) is 5.27. The number of aryl methyl sites for hydroxylation is 1. The first-order chi connectivity index (χ1) is 13.5. The van der Waals surface area contributed by atoms with Crippen LogP contribution in [0.3, 0.4) is 0 Å². The van der Waals surface area contributed by atoms with Crippen LogP contribution in [0.4, 0.5) is 0 Å². The molecular formula is C26H28O2. The molecule has 0 amide bonds. The quantitative estimate of drug-likeness (QED) is 0.604. The molecule has 3 aromatic carbocycles. The Bertz CT molecular complexity index is 923. The van der Waals surface area contributed by atoms with Gasteiger partial charge in [-0.2, -0.15) is 0 Å². The molecule has 0 heterocycles. The van der Waals surface area contributed by atoms with Crippen LogP contribution in [0.1, 0.15) is 42.5 Å². The molecule has 0 radical (unpaired) electrons. The fourth-order valence-corrected chi connectivity index (χ4v) is 4.14. The third kappa shape index (κ3) is 3.91. The zero-order valence-electron chi connectivity index (χ0n) is 16.7. The van der Waals surface area contributed by atoms with E-state index in [4.69, 9.17) is 4.74 Å². The summed E-state index contributed by atoms with van der Waals surface area (Å²) in [6.07, 6.45) is 3.47. The van der Waals surface area contributed by atoms with Crippen LogP contribution in [0.25, 0.3) is 0 Å². The summed E-state index contributed by atoms with van der Waals surface area (Å²) >= 11 is 0. The lowest BCUT2D eigenvalue weighted by atomic mass is 9.78. The summed E-state index contributed by atoms with van der Waals surface area (Å²) in [5.74, 6) is 1.82. The van der Waals surface area contributed by atoms with Gasteiger partial charge in [0.2, 0.25) is 0 Å². The van der Waals surface area contributed by atoms with E-state index in [1.165, 1.54) is 28.7 Å². The van der Waals surface area contributed by atoms with E-state index in [0.29, 0.717) is 11.7 Å². The Morgan fingerprint density at radius 3 is 2.14 bits per heavy atom. The molecular weight excluding hydrogens is 344 g/mol. The van der Waals surface area contributed by atoms with Crippen molar-refractivity contribution in [2.75, 3.05) is 6.61 Å². The summed E-state index contributed by atoms with van der Waals surface area (Å²) in [6, 6.07) is 24.7. The average Bonchev–Trinajstić information content (AvgIpc) is 2.73. The standard InChI is InChI=1S/C26H28O2/c1-26(2,22-9-13-24(27)14-10-22)23-11-15-25(16-12-23)28-18-19-7-8-20-5-3-4-6-21(20)17-19/h3-6,9-16,19,27H,7-8,17-18H2,1-2H3. The number of rotatable bonds is 5. The zero-order valence-corrected chi connectivity index (χ0v) is 16.7. The smallest absolute Gasteiger partial charge is 0.119 e. The number of ether oxygens (including phenoxy) is 1. The summed E-state index contributed by atoms with van der Waals surface area (Å²) < 4.78 is 6.12. The Balaban J connectivity index is 1.39. The van der Waals surface area contributed by atoms with E-state index < -0.39 is 0 Å². The van der Waals surface area contributed by atoms with Crippen molar-refractivity contribution >= 4 is 0 Å². The maximum Gasteiger partial charge on any atom is 0.119 e. The Morgan fingerprint density at radius 1 is 0.857 bits per heavy atom. The predicted molar refractivity (Wildman–Crippen MR) is 114 cm³/mol. The number of hydrogen-bond acceptors (Lipinski definition) is 2. The lowest BCUT2D eigenvalue weighted by Crippen LogP contribution is -2.21. The van der Waals surface area contributed by atoms with Crippen LogP contribution in [-0.2, 0) is 18.3 Å². The molecule has 0 saturated heterocycles. The molecule has 0 fully saturated rings. The van der Waals surface area contributed by atoms with Crippen LogP contribution in [0.2, 0.25) is 0 Å². The minimum Gasteiger partial charge on any atom is -0.508 e. The Morgan fingerprint density at radius 2 is 1.46 bits per heavy atom. The van der Waals surface area contributed by atoms with E-state index >= 15 is 0 Å². The summed E-state index contributed by atoms with van der Waals surface area (Å²) in [6.45, 7) is 5.18. The van der Waals surface area contributed by atoms with Gasteiger partial charge in [0.05, 0.1) is 6.61 Å². The van der Waals surface area contributed by atoms with Crippen LogP contribution < -0.4 is 4.74 Å². The molecule has 1 aliphatic rings. The third-order valence-corrected chi connectivity index (χ3v) is 6.10. The number of fused-ring (bicyclic) bond motifs is 1. The lowest BCUT2D eigenvalue weighted by molar-refractivity contribution is 0.234. The van der Waals surface area contributed by atoms with E-state index in [0.717, 1.165) is 25.2 Å². The fraction of sp³-hybridized carbons (Fsp3) is 0.308. The van der Waals surface area contributed by atoms with Crippen molar-refractivity contribution in [1.29, 1.82) is 0 Å². The van der Waals surface area contributed by atoms with Gasteiger partial charge in [0, 0.05) is 5.41 Å². The lowest BCUT2D eigenvalue weighted by Gasteiger charge is -2.27. The molecule has 0 aliphatic heterocycles. The van der Waals surface area contributed by atoms with Crippen molar-refractivity contribution in [2.45, 2.75) is 38.5 Å². The largest absolute Gasteiger partial charge is 0.508 e. The van der Waals surface area contributed by atoms with Crippen molar-refractivity contribution in [3.05, 3.63) is 95.1 Å². The van der Waals surface area contributed by atoms with Gasteiger partial charge in [-0.1, -0.05) is 62.4 Å². The van der Waals surface area contributed by atoms with Gasteiger partial charge in [0.15, 0.2) is 0 Å². The molecule has 0 saturated carbocycles. The van der Waals surface area contributed by atoms with Gasteiger partial charge in [0.1, 0.15) is 11.5 Å². The fourth-order valence-electron chi connectivity index (χ4n) is 4.14. The van der Waals surface area contributed by atoms with Gasteiger partial charge in [0.25, 0.3) is 0 Å². The van der Waals surface area contributed by atoms with Gasteiger partial charge in [-0.05, 0) is 71.7 Å². The minimum atomic E-state index is -0.126. The maximum atomic E-state index is 9.53. The second-order valence-corrected chi connectivity index (χ2v) is 8.38. The van der Waals surface area contributed by atoms with E-state index in [1.54, 1.807) is 12.1 Å². The number of benzene rings is 3. The highest BCUT2D eigenvalue weighted by Crippen LogP contribution is 2.33. The first-order valence-corrected chi connectivity index (χ1v) is 10.1. The number of phenols is 1. The molecule has 2 nitrogen and oxygen atoms in total. The topological polar surface area (TPSA) is 29.5 Å². The van der Waals surface area contributed by atoms with Gasteiger partial charge in [-0.15, -0.1) is 0 Å². The molecule has 1 unspecified atom stereocenters. The zero-order chi connectivity index (χ0) is 19.6. The van der Waals surface area contributed by atoms with E-state index in [2.05, 4.69) is 62.4 Å². The van der Waals surface area contributed by atoms with Crippen molar-refractivity contribution < 1.29 is 9.84 Å². The molecule has 3 aromatic rings. The Labute approximate surface area is 167 Å². The molecule has 1 aliphatic carbocycles. The average molecular weight is 373 g/mol. The molecule has 0 aromatic heterocycles. The van der Waals surface area contributed by atoms with E-state index in [-0.39, 0.29) is 5.41 Å². The van der Waals surface area contributed by atoms with Crippen molar-refractivity contribution in [3.63, 3.8) is 0 Å². The Kier molecular flexibility index (Phi) is 5.13. The molecule has 1 N–H and O–H groups in total. The second-order valence-electron chi connectivity index (χ2n) is 8.38. The molecule has 2 heteroatoms. The predicted octanol–water partition coefficient (Wildman–Crippen LogP) is 5.90. The van der Waals surface area contributed by atoms with Crippen LogP contribution in [0.5, 0.6) is 11.5 Å².